The van der Waals surface area contributed by atoms with Gasteiger partial charge in [-0.3, -0.25) is 0 Å². The zero-order valence-electron chi connectivity index (χ0n) is 3.70. The maximum Gasteiger partial charge on any atom is 0.0231 e. The molecule has 0 radical (unpaired) electrons. The fourth-order valence-electron chi connectivity index (χ4n) is 0. The smallest absolute Gasteiger partial charge is 0.0231 e. The van der Waals surface area contributed by atoms with Crippen molar-refractivity contribution in [3.63, 3.8) is 0 Å². The van der Waals surface area contributed by atoms with Crippen LogP contribution in [0.1, 0.15) is 14.7 Å². The molecule has 0 saturated carbocycles. The minimum absolute atomic E-state index is 0.469. The molecule has 0 aliphatic heterocycles. The van der Waals surface area contributed by atoms with Gasteiger partial charge in [0.1, 0.15) is 0 Å². The van der Waals surface area contributed by atoms with Gasteiger partial charge in [-0.25, -0.2) is 0 Å². The third-order valence-electron chi connectivity index (χ3n) is 0.204. The van der Waals surface area contributed by atoms with Crippen molar-refractivity contribution in [2.75, 3.05) is 6.54 Å². The normalized spacial score (nSPS) is 10.8. The highest BCUT2D eigenvalue weighted by Gasteiger charge is 1.55. The van der Waals surface area contributed by atoms with Crippen molar-refractivity contribution >= 4 is 0 Å². The van der Waals surface area contributed by atoms with E-state index in [1.807, 2.05) is 0 Å². The number of hydrogen-bond acceptors (Lipinski definition) is 1. The molecule has 0 spiro atoms. The molecule has 0 aromatic heterocycles. The highest BCUT2D eigenvalue weighted by Crippen LogP contribution is 1.57. The number of nitrogens with two attached hydrogens (primary N) is 1. The third-order valence-corrected chi connectivity index (χ3v) is 0.204. The van der Waals surface area contributed by atoms with E-state index in [0.717, 1.165) is 6.42 Å². The molecule has 0 heterocycles. The van der Waals surface area contributed by atoms with Crippen LogP contribution in [0.3, 0.4) is 0 Å². The van der Waals surface area contributed by atoms with Crippen molar-refractivity contribution in [2.45, 2.75) is 13.3 Å². The zero-order chi connectivity index (χ0) is 4.12. The molecule has 0 bridgehead atoms. The Hall–Kier alpha value is -0.0400. The average molecular weight is 59.1 g/mol. The summed E-state index contributed by atoms with van der Waals surface area (Å²) >= 11 is 0. The lowest BCUT2D eigenvalue weighted by Crippen LogP contribution is -1.93. The molecule has 0 unspecified atom stereocenters. The molecular formula is C3H9N. The van der Waals surface area contributed by atoms with Gasteiger partial charge < -0.3 is 5.73 Å². The van der Waals surface area contributed by atoms with Crippen molar-refractivity contribution in [1.29, 1.82) is 0 Å². The molecule has 2 N–H and O–H groups in total. The standard InChI is InChI=1S/C3H9N/c1-2-3-4/h2-4H2,1H3/i1H. The molecule has 0 aromatic rings. The molecule has 0 aliphatic rings. The molecular weight excluding hydrogens is 50.0 g/mol. The predicted molar refractivity (Wildman–Crippen MR) is 19.3 cm³/mol. The van der Waals surface area contributed by atoms with E-state index in [-0.39, 0.29) is 0 Å². The van der Waals surface area contributed by atoms with Gasteiger partial charge in [0.2, 0.25) is 0 Å². The minimum atomic E-state index is 0.469. The summed E-state index contributed by atoms with van der Waals surface area (Å²) in [4.78, 5) is 0. The van der Waals surface area contributed by atoms with Crippen molar-refractivity contribution in [1.82, 2.24) is 0 Å². The Morgan fingerprint density at radius 1 is 2.25 bits per heavy atom. The number of hydrogen-bond donors (Lipinski definition) is 1. The van der Waals surface area contributed by atoms with Crippen LogP contribution in [-0.4, -0.2) is 6.54 Å². The van der Waals surface area contributed by atoms with Gasteiger partial charge in [-0.05, 0) is 13.0 Å². The topological polar surface area (TPSA) is 26.0 Å². The fraction of sp³-hybridized carbons (Fsp3) is 1.00. The minimum Gasteiger partial charge on any atom is -0.330 e. The second-order valence-corrected chi connectivity index (χ2v) is 0.642. The largest absolute Gasteiger partial charge is 0.330 e. The lowest BCUT2D eigenvalue weighted by atomic mass is 10.5. The second kappa shape index (κ2) is 2.96. The van der Waals surface area contributed by atoms with E-state index in [0.29, 0.717) is 13.4 Å². The first-order valence-corrected chi connectivity index (χ1v) is 1.41. The van der Waals surface area contributed by atoms with Crippen LogP contribution in [0.2, 0.25) is 0 Å². The van der Waals surface area contributed by atoms with Crippen LogP contribution in [0.25, 0.3) is 0 Å². The van der Waals surface area contributed by atoms with Crippen LogP contribution in [-0.2, 0) is 0 Å². The Balaban J connectivity index is 2.19. The Kier molecular flexibility index (Phi) is 1.64. The summed E-state index contributed by atoms with van der Waals surface area (Å²) in [6.45, 7) is 1.12. The molecule has 0 rings (SSSR count). The molecule has 0 saturated heterocycles. The summed E-state index contributed by atoms with van der Waals surface area (Å²) in [7, 11) is 0. The third kappa shape index (κ3) is 1.96. The Morgan fingerprint density at radius 2 is 3.00 bits per heavy atom. The Labute approximate surface area is 28.2 Å². The van der Waals surface area contributed by atoms with Gasteiger partial charge in [-0.1, -0.05) is 6.90 Å². The summed E-state index contributed by atoms with van der Waals surface area (Å²) < 4.78 is 6.52. The van der Waals surface area contributed by atoms with Crippen molar-refractivity contribution in [3.8, 4) is 0 Å². The molecule has 4 heavy (non-hydrogen) atoms. The molecule has 0 atom stereocenters. The van der Waals surface area contributed by atoms with Crippen molar-refractivity contribution in [2.24, 2.45) is 5.73 Å². The molecule has 0 amide bonds. The first-order chi connectivity index (χ1) is 2.41. The van der Waals surface area contributed by atoms with Crippen LogP contribution < -0.4 is 5.73 Å². The highest BCUT2D eigenvalue weighted by atomic mass is 14.5. The lowest BCUT2D eigenvalue weighted by molar-refractivity contribution is 0.932. The molecule has 0 aromatic carbocycles. The number of rotatable bonds is 1. The van der Waals surface area contributed by atoms with Gasteiger partial charge in [0, 0.05) is 1.37 Å². The molecule has 26 valence electrons. The van der Waals surface area contributed by atoms with E-state index in [1.165, 1.54) is 0 Å². The van der Waals surface area contributed by atoms with Gasteiger partial charge >= 0.3 is 0 Å². The monoisotopic (exact) mass is 59.1 g/mol. The maximum atomic E-state index is 6.52. The molecule has 0 aliphatic carbocycles. The molecule has 1 nitrogen and oxygen atoms in total. The van der Waals surface area contributed by atoms with Gasteiger partial charge in [0.15, 0.2) is 0 Å². The maximum absolute atomic E-state index is 6.52. The van der Waals surface area contributed by atoms with E-state index in [9.17, 15) is 0 Å². The fourth-order valence-corrected chi connectivity index (χ4v) is 0. The Bertz CT molecular complexity index is 14.4. The first kappa shape index (κ1) is 2.21. The lowest BCUT2D eigenvalue weighted by Gasteiger charge is -1.70. The summed E-state index contributed by atoms with van der Waals surface area (Å²) in [5.74, 6) is 0. The summed E-state index contributed by atoms with van der Waals surface area (Å²) in [6.07, 6.45) is 0.833. The predicted octanol–water partition coefficient (Wildman–Crippen LogP) is 0.355. The Morgan fingerprint density at radius 3 is 3.00 bits per heavy atom. The van der Waals surface area contributed by atoms with E-state index in [1.54, 1.807) is 0 Å². The van der Waals surface area contributed by atoms with E-state index >= 15 is 0 Å². The van der Waals surface area contributed by atoms with Gasteiger partial charge in [-0.2, -0.15) is 0 Å². The van der Waals surface area contributed by atoms with Crippen molar-refractivity contribution in [3.05, 3.63) is 0 Å². The van der Waals surface area contributed by atoms with Crippen molar-refractivity contribution < 1.29 is 1.37 Å². The highest BCUT2D eigenvalue weighted by molar-refractivity contribution is 4.19. The van der Waals surface area contributed by atoms with Crippen LogP contribution in [0.15, 0.2) is 0 Å². The molecule has 0 fully saturated rings. The van der Waals surface area contributed by atoms with Crippen LogP contribution in [0.5, 0.6) is 0 Å². The zero-order valence-corrected chi connectivity index (χ0v) is 2.70. The van der Waals surface area contributed by atoms with Gasteiger partial charge in [0.25, 0.3) is 0 Å². The molecule has 1 heteroatoms. The second-order valence-electron chi connectivity index (χ2n) is 0.642. The van der Waals surface area contributed by atoms with Gasteiger partial charge in [0.05, 0.1) is 0 Å². The summed E-state index contributed by atoms with van der Waals surface area (Å²) in [5.41, 5.74) is 5.02. The first-order valence-electron chi connectivity index (χ1n) is 2.12. The quantitative estimate of drug-likeness (QED) is 0.463. The van der Waals surface area contributed by atoms with Crippen LogP contribution in [0, 0.1) is 0 Å². The average Bonchev–Trinajstić information content (AvgIpc) is 1.41. The summed E-state index contributed by atoms with van der Waals surface area (Å²) in [5, 5.41) is 0. The SMILES string of the molecule is [1H]CCCN. The van der Waals surface area contributed by atoms with E-state index < -0.39 is 0 Å². The van der Waals surface area contributed by atoms with Crippen LogP contribution in [0.4, 0.5) is 0 Å². The van der Waals surface area contributed by atoms with E-state index in [2.05, 4.69) is 0 Å². The van der Waals surface area contributed by atoms with Gasteiger partial charge in [-0.15, -0.1) is 0 Å². The van der Waals surface area contributed by atoms with E-state index in [4.69, 9.17) is 7.10 Å². The summed E-state index contributed by atoms with van der Waals surface area (Å²) in [6, 6.07) is 0. The van der Waals surface area contributed by atoms with Crippen LogP contribution >= 0.6 is 0 Å².